The molecule has 1 amide bonds. The molecular weight excluding hydrogens is 290 g/mol. The van der Waals surface area contributed by atoms with E-state index in [9.17, 15) is 13.2 Å². The first-order chi connectivity index (χ1) is 9.94. The molecule has 3 rings (SSSR count). The molecule has 0 aliphatic carbocycles. The Morgan fingerprint density at radius 1 is 1.38 bits per heavy atom. The van der Waals surface area contributed by atoms with Crippen LogP contribution in [0.4, 0.5) is 0 Å². The number of para-hydroxylation sites is 1. The van der Waals surface area contributed by atoms with Crippen LogP contribution >= 0.6 is 0 Å². The zero-order chi connectivity index (χ0) is 15.0. The van der Waals surface area contributed by atoms with Crippen molar-refractivity contribution < 1.29 is 17.6 Å². The normalized spacial score (nSPS) is 22.2. The first-order valence-corrected chi connectivity index (χ1v) is 8.76. The molecule has 1 aliphatic heterocycles. The zero-order valence-electron chi connectivity index (χ0n) is 11.7. The molecule has 0 saturated carbocycles. The van der Waals surface area contributed by atoms with Crippen LogP contribution in [0.3, 0.4) is 0 Å². The molecule has 21 heavy (non-hydrogen) atoms. The van der Waals surface area contributed by atoms with E-state index in [1.165, 1.54) is 0 Å². The van der Waals surface area contributed by atoms with Gasteiger partial charge < -0.3 is 9.73 Å². The van der Waals surface area contributed by atoms with Gasteiger partial charge in [0, 0.05) is 5.39 Å². The molecule has 0 unspecified atom stereocenters. The molecule has 2 aromatic rings. The van der Waals surface area contributed by atoms with E-state index < -0.39 is 15.8 Å². The van der Waals surface area contributed by atoms with Crippen molar-refractivity contribution in [3.05, 3.63) is 36.1 Å². The highest BCUT2D eigenvalue weighted by molar-refractivity contribution is 7.91. The summed E-state index contributed by atoms with van der Waals surface area (Å²) >= 11 is 0. The van der Waals surface area contributed by atoms with Crippen molar-refractivity contribution in [2.24, 2.45) is 5.92 Å². The molecule has 1 N–H and O–H groups in total. The molecule has 1 saturated heterocycles. The van der Waals surface area contributed by atoms with Gasteiger partial charge in [0.15, 0.2) is 9.84 Å². The fourth-order valence-electron chi connectivity index (χ4n) is 2.62. The molecule has 0 spiro atoms. The SMILES string of the molecule is C[C@@H](NC(=O)[C@H]1CCS(=O)(=O)C1)c1cc2ccccc2o1. The van der Waals surface area contributed by atoms with Crippen molar-refractivity contribution in [2.45, 2.75) is 19.4 Å². The number of benzene rings is 1. The van der Waals surface area contributed by atoms with E-state index >= 15 is 0 Å². The summed E-state index contributed by atoms with van der Waals surface area (Å²) in [6.07, 6.45) is 0.404. The molecule has 5 nitrogen and oxygen atoms in total. The number of fused-ring (bicyclic) bond motifs is 1. The second kappa shape index (κ2) is 5.18. The van der Waals surface area contributed by atoms with Gasteiger partial charge in [0.2, 0.25) is 5.91 Å². The summed E-state index contributed by atoms with van der Waals surface area (Å²) in [4.78, 5) is 12.1. The van der Waals surface area contributed by atoms with Gasteiger partial charge in [-0.25, -0.2) is 8.42 Å². The Balaban J connectivity index is 1.71. The van der Waals surface area contributed by atoms with Crippen LogP contribution in [0.1, 0.15) is 25.1 Å². The van der Waals surface area contributed by atoms with Crippen molar-refractivity contribution in [2.75, 3.05) is 11.5 Å². The standard InChI is InChI=1S/C15H17NO4S/c1-10(14-8-11-4-2-3-5-13(11)20-14)16-15(17)12-6-7-21(18,19)9-12/h2-5,8,10,12H,6-7,9H2,1H3,(H,16,17)/t10-,12+/m1/s1. The second-order valence-corrected chi connectivity index (χ2v) is 7.75. The predicted molar refractivity (Wildman–Crippen MR) is 79.5 cm³/mol. The summed E-state index contributed by atoms with van der Waals surface area (Å²) in [5, 5.41) is 3.82. The number of nitrogens with one attached hydrogen (secondary N) is 1. The van der Waals surface area contributed by atoms with E-state index in [1.54, 1.807) is 0 Å². The number of hydrogen-bond donors (Lipinski definition) is 1. The van der Waals surface area contributed by atoms with Crippen LogP contribution in [0.15, 0.2) is 34.7 Å². The third-order valence-corrected chi connectivity index (χ3v) is 5.60. The Bertz CT molecular complexity index is 745. The quantitative estimate of drug-likeness (QED) is 0.941. The van der Waals surface area contributed by atoms with Crippen LogP contribution < -0.4 is 5.32 Å². The number of amides is 1. The summed E-state index contributed by atoms with van der Waals surface area (Å²) in [5.41, 5.74) is 0.775. The molecule has 1 aliphatic rings. The summed E-state index contributed by atoms with van der Waals surface area (Å²) in [5.74, 6) is 0.0618. The van der Waals surface area contributed by atoms with Gasteiger partial charge in [-0.05, 0) is 25.5 Å². The minimum atomic E-state index is -3.05. The molecule has 1 fully saturated rings. The Labute approximate surface area is 123 Å². The number of furan rings is 1. The number of hydrogen-bond acceptors (Lipinski definition) is 4. The maximum Gasteiger partial charge on any atom is 0.224 e. The molecule has 112 valence electrons. The minimum absolute atomic E-state index is 0.0499. The number of rotatable bonds is 3. The Kier molecular flexibility index (Phi) is 3.49. The lowest BCUT2D eigenvalue weighted by Crippen LogP contribution is -2.33. The van der Waals surface area contributed by atoms with E-state index in [4.69, 9.17) is 4.42 Å². The predicted octanol–water partition coefficient (Wildman–Crippen LogP) is 2.04. The Morgan fingerprint density at radius 2 is 2.14 bits per heavy atom. The van der Waals surface area contributed by atoms with Crippen LogP contribution in [0, 0.1) is 5.92 Å². The molecule has 0 radical (unpaired) electrons. The van der Waals surface area contributed by atoms with Crippen LogP contribution in [-0.4, -0.2) is 25.8 Å². The average Bonchev–Trinajstić information content (AvgIpc) is 3.01. The third kappa shape index (κ3) is 2.95. The lowest BCUT2D eigenvalue weighted by Gasteiger charge is -2.14. The third-order valence-electron chi connectivity index (χ3n) is 3.83. The van der Waals surface area contributed by atoms with Gasteiger partial charge in [-0.3, -0.25) is 4.79 Å². The van der Waals surface area contributed by atoms with Crippen LogP contribution in [0.2, 0.25) is 0 Å². The fourth-order valence-corrected chi connectivity index (χ4v) is 4.36. The summed E-state index contributed by atoms with van der Waals surface area (Å²) < 4.78 is 28.5. The molecule has 1 aromatic carbocycles. The lowest BCUT2D eigenvalue weighted by molar-refractivity contribution is -0.125. The molecule has 2 heterocycles. The van der Waals surface area contributed by atoms with E-state index in [0.717, 1.165) is 11.0 Å². The first-order valence-electron chi connectivity index (χ1n) is 6.94. The average molecular weight is 307 g/mol. The van der Waals surface area contributed by atoms with Gasteiger partial charge in [0.05, 0.1) is 23.5 Å². The highest BCUT2D eigenvalue weighted by Gasteiger charge is 2.33. The van der Waals surface area contributed by atoms with Gasteiger partial charge >= 0.3 is 0 Å². The largest absolute Gasteiger partial charge is 0.459 e. The topological polar surface area (TPSA) is 76.4 Å². The first kappa shape index (κ1) is 14.1. The van der Waals surface area contributed by atoms with Gasteiger partial charge in [-0.15, -0.1) is 0 Å². The van der Waals surface area contributed by atoms with Crippen LogP contribution in [-0.2, 0) is 14.6 Å². The number of sulfone groups is 1. The number of carbonyl (C=O) groups is 1. The molecule has 6 heteroatoms. The molecule has 0 bridgehead atoms. The fraction of sp³-hybridized carbons (Fsp3) is 0.400. The number of carbonyl (C=O) groups excluding carboxylic acids is 1. The zero-order valence-corrected chi connectivity index (χ0v) is 12.5. The van der Waals surface area contributed by atoms with Gasteiger partial charge in [0.25, 0.3) is 0 Å². The Hall–Kier alpha value is -1.82. The van der Waals surface area contributed by atoms with Gasteiger partial charge in [-0.2, -0.15) is 0 Å². The van der Waals surface area contributed by atoms with E-state index in [1.807, 2.05) is 37.3 Å². The van der Waals surface area contributed by atoms with Crippen molar-refractivity contribution in [1.82, 2.24) is 5.32 Å². The van der Waals surface area contributed by atoms with Crippen molar-refractivity contribution in [3.63, 3.8) is 0 Å². The van der Waals surface area contributed by atoms with Crippen LogP contribution in [0.5, 0.6) is 0 Å². The lowest BCUT2D eigenvalue weighted by atomic mass is 10.1. The summed E-state index contributed by atoms with van der Waals surface area (Å²) in [6.45, 7) is 1.83. The van der Waals surface area contributed by atoms with Crippen molar-refractivity contribution >= 4 is 26.7 Å². The highest BCUT2D eigenvalue weighted by atomic mass is 32.2. The summed E-state index contributed by atoms with van der Waals surface area (Å²) in [7, 11) is -3.05. The maximum atomic E-state index is 12.1. The van der Waals surface area contributed by atoms with Crippen LogP contribution in [0.25, 0.3) is 11.0 Å². The van der Waals surface area contributed by atoms with Gasteiger partial charge in [-0.1, -0.05) is 18.2 Å². The van der Waals surface area contributed by atoms with E-state index in [0.29, 0.717) is 12.2 Å². The molecular formula is C15H17NO4S. The van der Waals surface area contributed by atoms with E-state index in [-0.39, 0.29) is 23.5 Å². The van der Waals surface area contributed by atoms with Gasteiger partial charge in [0.1, 0.15) is 11.3 Å². The van der Waals surface area contributed by atoms with Crippen molar-refractivity contribution in [3.8, 4) is 0 Å². The maximum absolute atomic E-state index is 12.1. The highest BCUT2D eigenvalue weighted by Crippen LogP contribution is 2.25. The summed E-state index contributed by atoms with van der Waals surface area (Å²) in [6, 6.07) is 9.24. The van der Waals surface area contributed by atoms with Crippen molar-refractivity contribution in [1.29, 1.82) is 0 Å². The Morgan fingerprint density at radius 3 is 2.81 bits per heavy atom. The smallest absolute Gasteiger partial charge is 0.224 e. The van der Waals surface area contributed by atoms with E-state index in [2.05, 4.69) is 5.32 Å². The minimum Gasteiger partial charge on any atom is -0.459 e. The molecule has 1 aromatic heterocycles. The second-order valence-electron chi connectivity index (χ2n) is 5.52. The molecule has 2 atom stereocenters. The monoisotopic (exact) mass is 307 g/mol.